The molecule has 2 nitrogen and oxygen atoms in total. The molecule has 0 fully saturated rings. The Morgan fingerprint density at radius 2 is 2.18 bits per heavy atom. The summed E-state index contributed by atoms with van der Waals surface area (Å²) in [6.07, 6.45) is 2.66. The third-order valence-corrected chi connectivity index (χ3v) is 2.04. The van der Waals surface area contributed by atoms with Gasteiger partial charge < -0.3 is 5.11 Å². The molecule has 0 aliphatic carbocycles. The summed E-state index contributed by atoms with van der Waals surface area (Å²) >= 11 is 0. The number of hydrogen-bond acceptors (Lipinski definition) is 2. The van der Waals surface area contributed by atoms with Crippen LogP contribution < -0.4 is 0 Å². The van der Waals surface area contributed by atoms with E-state index in [2.05, 4.69) is 0 Å². The molecule has 11 heavy (non-hydrogen) atoms. The smallest absolute Gasteiger partial charge is 0.142 e. The molecule has 0 saturated heterocycles. The van der Waals surface area contributed by atoms with Crippen LogP contribution in [-0.4, -0.2) is 17.5 Å². The predicted molar refractivity (Wildman–Crippen MR) is 45.3 cm³/mol. The van der Waals surface area contributed by atoms with Crippen LogP contribution in [0.4, 0.5) is 0 Å². The van der Waals surface area contributed by atoms with Gasteiger partial charge in [0, 0.05) is 5.92 Å². The fourth-order valence-corrected chi connectivity index (χ4v) is 0.916. The van der Waals surface area contributed by atoms with Gasteiger partial charge in [0.2, 0.25) is 0 Å². The van der Waals surface area contributed by atoms with Crippen molar-refractivity contribution in [3.8, 4) is 0 Å². The molecule has 2 heteroatoms. The van der Waals surface area contributed by atoms with Crippen molar-refractivity contribution in [2.75, 3.05) is 0 Å². The van der Waals surface area contributed by atoms with Crippen molar-refractivity contribution in [2.24, 2.45) is 5.92 Å². The summed E-state index contributed by atoms with van der Waals surface area (Å²) < 4.78 is 0. The highest BCUT2D eigenvalue weighted by Gasteiger charge is 2.12. The van der Waals surface area contributed by atoms with E-state index in [1.54, 1.807) is 0 Å². The summed E-state index contributed by atoms with van der Waals surface area (Å²) in [6.45, 7) is 5.71. The molecule has 0 saturated carbocycles. The maximum Gasteiger partial charge on any atom is 0.142 e. The lowest BCUT2D eigenvalue weighted by molar-refractivity contribution is -0.104. The number of carbonyl (C=O) groups is 1. The van der Waals surface area contributed by atoms with E-state index in [4.69, 9.17) is 0 Å². The fraction of sp³-hybridized carbons (Fsp3) is 0.667. The molecule has 2 unspecified atom stereocenters. The molecule has 0 aromatic rings. The van der Waals surface area contributed by atoms with Gasteiger partial charge >= 0.3 is 0 Å². The maximum atomic E-state index is 10.1. The highest BCUT2D eigenvalue weighted by atomic mass is 16.3. The van der Waals surface area contributed by atoms with Crippen molar-refractivity contribution < 1.29 is 9.90 Å². The quantitative estimate of drug-likeness (QED) is 0.495. The highest BCUT2D eigenvalue weighted by Crippen LogP contribution is 2.15. The van der Waals surface area contributed by atoms with Crippen LogP contribution in [0, 0.1) is 5.92 Å². The van der Waals surface area contributed by atoms with Gasteiger partial charge in [-0.2, -0.15) is 0 Å². The number of aliphatic hydroxyl groups excluding tert-OH is 1. The highest BCUT2D eigenvalue weighted by molar-refractivity contribution is 5.66. The molecule has 0 aromatic carbocycles. The minimum absolute atomic E-state index is 0.0881. The lowest BCUT2D eigenvalue weighted by atomic mass is 9.95. The zero-order valence-electron chi connectivity index (χ0n) is 7.37. The van der Waals surface area contributed by atoms with E-state index in [1.807, 2.05) is 20.8 Å². The van der Waals surface area contributed by atoms with Crippen molar-refractivity contribution in [1.29, 1.82) is 0 Å². The summed E-state index contributed by atoms with van der Waals surface area (Å²) in [6, 6.07) is 0. The van der Waals surface area contributed by atoms with Crippen LogP contribution in [0.1, 0.15) is 27.2 Å². The van der Waals surface area contributed by atoms with Gasteiger partial charge in [0.1, 0.15) is 6.29 Å². The van der Waals surface area contributed by atoms with Gasteiger partial charge in [0.15, 0.2) is 0 Å². The van der Waals surface area contributed by atoms with Crippen molar-refractivity contribution >= 4 is 6.29 Å². The van der Waals surface area contributed by atoms with Crippen LogP contribution in [0.5, 0.6) is 0 Å². The first kappa shape index (κ1) is 10.4. The van der Waals surface area contributed by atoms with Crippen LogP contribution in [0.25, 0.3) is 0 Å². The molecule has 64 valence electrons. The standard InChI is InChI=1S/C9H16O2/c1-4-9(11)8(3)7(2)5-6-10/h5-6,8-9,11H,4H2,1-3H3. The van der Waals surface area contributed by atoms with Crippen LogP contribution in [0.3, 0.4) is 0 Å². The first-order chi connectivity index (χ1) is 5.13. The van der Waals surface area contributed by atoms with E-state index < -0.39 is 0 Å². The molecule has 0 bridgehead atoms. The van der Waals surface area contributed by atoms with Crippen LogP contribution in [0.2, 0.25) is 0 Å². The molecule has 0 rings (SSSR count). The van der Waals surface area contributed by atoms with Gasteiger partial charge in [-0.15, -0.1) is 0 Å². The molecular formula is C9H16O2. The number of allylic oxidation sites excluding steroid dienone is 1. The van der Waals surface area contributed by atoms with Crippen LogP contribution >= 0.6 is 0 Å². The van der Waals surface area contributed by atoms with Crippen molar-refractivity contribution in [3.05, 3.63) is 11.6 Å². The molecule has 0 amide bonds. The molecule has 0 aliphatic rings. The summed E-state index contributed by atoms with van der Waals surface area (Å²) in [5.41, 5.74) is 0.939. The topological polar surface area (TPSA) is 37.3 Å². The second-order valence-corrected chi connectivity index (χ2v) is 2.81. The third kappa shape index (κ3) is 3.33. The molecule has 0 aliphatic heterocycles. The van der Waals surface area contributed by atoms with Crippen LogP contribution in [0.15, 0.2) is 11.6 Å². The summed E-state index contributed by atoms with van der Waals surface area (Å²) in [5, 5.41) is 9.37. The first-order valence-corrected chi connectivity index (χ1v) is 3.93. The van der Waals surface area contributed by atoms with E-state index in [9.17, 15) is 9.90 Å². The largest absolute Gasteiger partial charge is 0.393 e. The fourth-order valence-electron chi connectivity index (χ4n) is 0.916. The van der Waals surface area contributed by atoms with Gasteiger partial charge in [0.05, 0.1) is 6.10 Å². The van der Waals surface area contributed by atoms with Gasteiger partial charge in [-0.1, -0.05) is 19.4 Å². The molecule has 0 radical (unpaired) electrons. The van der Waals surface area contributed by atoms with Gasteiger partial charge in [-0.05, 0) is 19.4 Å². The third-order valence-electron chi connectivity index (χ3n) is 2.04. The lowest BCUT2D eigenvalue weighted by Gasteiger charge is -2.17. The van der Waals surface area contributed by atoms with E-state index in [0.29, 0.717) is 0 Å². The Morgan fingerprint density at radius 3 is 2.55 bits per heavy atom. The molecule has 0 heterocycles. The normalized spacial score (nSPS) is 17.6. The summed E-state index contributed by atoms with van der Waals surface area (Å²) in [4.78, 5) is 10.1. The Morgan fingerprint density at radius 1 is 1.64 bits per heavy atom. The number of hydrogen-bond donors (Lipinski definition) is 1. The van der Waals surface area contributed by atoms with Crippen LogP contribution in [-0.2, 0) is 4.79 Å². The first-order valence-electron chi connectivity index (χ1n) is 3.93. The van der Waals surface area contributed by atoms with E-state index >= 15 is 0 Å². The monoisotopic (exact) mass is 156 g/mol. The maximum absolute atomic E-state index is 10.1. The minimum Gasteiger partial charge on any atom is -0.393 e. The van der Waals surface area contributed by atoms with E-state index in [1.165, 1.54) is 6.08 Å². The molecule has 0 spiro atoms. The number of rotatable bonds is 4. The molecular weight excluding hydrogens is 140 g/mol. The SMILES string of the molecule is CCC(O)C(C)C(C)=CC=O. The average molecular weight is 156 g/mol. The Labute approximate surface area is 67.9 Å². The summed E-state index contributed by atoms with van der Waals surface area (Å²) in [5.74, 6) is 0.0881. The van der Waals surface area contributed by atoms with Gasteiger partial charge in [0.25, 0.3) is 0 Å². The van der Waals surface area contributed by atoms with E-state index in [-0.39, 0.29) is 12.0 Å². The minimum atomic E-state index is -0.328. The Balaban J connectivity index is 4.11. The Hall–Kier alpha value is -0.630. The van der Waals surface area contributed by atoms with Gasteiger partial charge in [-0.25, -0.2) is 0 Å². The lowest BCUT2D eigenvalue weighted by Crippen LogP contribution is -2.17. The number of aldehydes is 1. The number of carbonyl (C=O) groups excluding carboxylic acids is 1. The second-order valence-electron chi connectivity index (χ2n) is 2.81. The van der Waals surface area contributed by atoms with Crippen molar-refractivity contribution in [2.45, 2.75) is 33.3 Å². The Kier molecular flexibility index (Phi) is 4.79. The zero-order valence-corrected chi connectivity index (χ0v) is 7.37. The van der Waals surface area contributed by atoms with Gasteiger partial charge in [-0.3, -0.25) is 4.79 Å². The van der Waals surface area contributed by atoms with Crippen molar-refractivity contribution in [1.82, 2.24) is 0 Å². The second kappa shape index (κ2) is 5.08. The Bertz CT molecular complexity index is 150. The molecule has 0 aromatic heterocycles. The molecule has 1 N–H and O–H groups in total. The van der Waals surface area contributed by atoms with Crippen molar-refractivity contribution in [3.63, 3.8) is 0 Å². The number of aliphatic hydroxyl groups is 1. The summed E-state index contributed by atoms with van der Waals surface area (Å²) in [7, 11) is 0. The zero-order chi connectivity index (χ0) is 8.85. The molecule has 2 atom stereocenters. The average Bonchev–Trinajstić information content (AvgIpc) is 2.02. The van der Waals surface area contributed by atoms with E-state index in [0.717, 1.165) is 18.3 Å². The predicted octanol–water partition coefficient (Wildman–Crippen LogP) is 1.54.